The highest BCUT2D eigenvalue weighted by Crippen LogP contribution is 2.27. The molecule has 0 unspecified atom stereocenters. The van der Waals surface area contributed by atoms with Gasteiger partial charge in [0.05, 0.1) is 5.69 Å². The molecule has 0 fully saturated rings. The molecule has 0 aromatic heterocycles. The van der Waals surface area contributed by atoms with Crippen LogP contribution in [-0.4, -0.2) is 16.7 Å². The van der Waals surface area contributed by atoms with Crippen molar-refractivity contribution in [3.63, 3.8) is 0 Å². The molecule has 0 aliphatic rings. The van der Waals surface area contributed by atoms with Gasteiger partial charge in [0, 0.05) is 5.54 Å². The van der Waals surface area contributed by atoms with E-state index in [4.69, 9.17) is 0 Å². The van der Waals surface area contributed by atoms with E-state index in [9.17, 15) is 9.90 Å². The molecule has 0 aliphatic carbocycles. The number of carbonyl (C=O) groups is 1. The Kier molecular flexibility index (Phi) is 4.45. The van der Waals surface area contributed by atoms with E-state index < -0.39 is 0 Å². The monoisotopic (exact) mass is 264 g/mol. The number of rotatable bonds is 3. The second-order valence-corrected chi connectivity index (χ2v) is 6.72. The van der Waals surface area contributed by atoms with Crippen LogP contribution >= 0.6 is 0 Å². The number of amides is 2. The van der Waals surface area contributed by atoms with Gasteiger partial charge >= 0.3 is 6.03 Å². The summed E-state index contributed by atoms with van der Waals surface area (Å²) in [5.74, 6) is 0.0614. The van der Waals surface area contributed by atoms with E-state index in [1.54, 1.807) is 18.2 Å². The number of aromatic hydroxyl groups is 1. The Bertz CT molecular complexity index is 448. The highest BCUT2D eigenvalue weighted by molar-refractivity contribution is 5.91. The summed E-state index contributed by atoms with van der Waals surface area (Å²) in [5.41, 5.74) is 0.227. The first-order valence-electron chi connectivity index (χ1n) is 6.46. The minimum absolute atomic E-state index is 0.0614. The molecule has 0 aliphatic heterocycles. The fourth-order valence-electron chi connectivity index (χ4n) is 2.41. The van der Waals surface area contributed by atoms with Crippen molar-refractivity contribution in [1.82, 2.24) is 5.32 Å². The number of nitrogens with one attached hydrogen (secondary N) is 2. The highest BCUT2D eigenvalue weighted by atomic mass is 16.3. The molecule has 2 amide bonds. The van der Waals surface area contributed by atoms with Crippen molar-refractivity contribution in [3.8, 4) is 5.75 Å². The molecule has 1 aromatic rings. The average Bonchev–Trinajstić information content (AvgIpc) is 2.16. The van der Waals surface area contributed by atoms with Crippen molar-refractivity contribution in [3.05, 3.63) is 24.3 Å². The first kappa shape index (κ1) is 15.3. The van der Waals surface area contributed by atoms with Crippen LogP contribution in [0.1, 0.15) is 41.0 Å². The summed E-state index contributed by atoms with van der Waals surface area (Å²) in [6, 6.07) is 6.36. The number of phenolic OH excluding ortho intramolecular Hbond substituents is 1. The number of benzene rings is 1. The fourth-order valence-corrected chi connectivity index (χ4v) is 2.41. The number of urea groups is 1. The van der Waals surface area contributed by atoms with Crippen molar-refractivity contribution >= 4 is 11.7 Å². The molecule has 4 nitrogen and oxygen atoms in total. The molecule has 0 spiro atoms. The standard InChI is InChI=1S/C15H24N2O2/c1-14(2,3)10-15(4,5)17-13(19)16-11-8-6-7-9-12(11)18/h6-9,18H,10H2,1-5H3,(H2,16,17,19). The Balaban J connectivity index is 2.63. The summed E-state index contributed by atoms with van der Waals surface area (Å²) in [5, 5.41) is 15.2. The summed E-state index contributed by atoms with van der Waals surface area (Å²) < 4.78 is 0. The van der Waals surface area contributed by atoms with Crippen molar-refractivity contribution in [1.29, 1.82) is 0 Å². The maximum absolute atomic E-state index is 11.9. The first-order chi connectivity index (χ1) is 8.59. The third-order valence-corrected chi connectivity index (χ3v) is 2.58. The number of para-hydroxylation sites is 2. The molecule has 106 valence electrons. The van der Waals surface area contributed by atoms with Crippen molar-refractivity contribution in [2.45, 2.75) is 46.6 Å². The van der Waals surface area contributed by atoms with Gasteiger partial charge in [-0.2, -0.15) is 0 Å². The van der Waals surface area contributed by atoms with Crippen LogP contribution in [0.2, 0.25) is 0 Å². The molecule has 0 saturated heterocycles. The lowest BCUT2D eigenvalue weighted by Gasteiger charge is -2.33. The zero-order valence-electron chi connectivity index (χ0n) is 12.4. The Morgan fingerprint density at radius 3 is 2.26 bits per heavy atom. The van der Waals surface area contributed by atoms with Crippen LogP contribution in [0, 0.1) is 5.41 Å². The maximum Gasteiger partial charge on any atom is 0.319 e. The normalized spacial score (nSPS) is 12.1. The van der Waals surface area contributed by atoms with Gasteiger partial charge < -0.3 is 15.7 Å². The zero-order chi connectivity index (χ0) is 14.7. The third-order valence-electron chi connectivity index (χ3n) is 2.58. The number of hydrogen-bond donors (Lipinski definition) is 3. The quantitative estimate of drug-likeness (QED) is 0.728. The smallest absolute Gasteiger partial charge is 0.319 e. The predicted molar refractivity (Wildman–Crippen MR) is 78.4 cm³/mol. The zero-order valence-corrected chi connectivity index (χ0v) is 12.4. The van der Waals surface area contributed by atoms with Gasteiger partial charge in [0.2, 0.25) is 0 Å². The van der Waals surface area contributed by atoms with Crippen molar-refractivity contribution < 1.29 is 9.90 Å². The molecule has 1 aromatic carbocycles. The lowest BCUT2D eigenvalue weighted by Crippen LogP contribution is -2.47. The molecular weight excluding hydrogens is 240 g/mol. The molecule has 1 rings (SSSR count). The van der Waals surface area contributed by atoms with E-state index in [-0.39, 0.29) is 22.7 Å². The molecule has 3 N–H and O–H groups in total. The Morgan fingerprint density at radius 1 is 1.16 bits per heavy atom. The van der Waals surface area contributed by atoms with E-state index in [1.165, 1.54) is 6.07 Å². The minimum atomic E-state index is -0.313. The largest absolute Gasteiger partial charge is 0.506 e. The van der Waals surface area contributed by atoms with Crippen LogP contribution < -0.4 is 10.6 Å². The summed E-state index contributed by atoms with van der Waals surface area (Å²) in [7, 11) is 0. The second kappa shape index (κ2) is 5.51. The SMILES string of the molecule is CC(C)(C)CC(C)(C)NC(=O)Nc1ccccc1O. The van der Waals surface area contributed by atoms with Gasteiger partial charge in [-0.15, -0.1) is 0 Å². The van der Waals surface area contributed by atoms with E-state index in [0.717, 1.165) is 6.42 Å². The van der Waals surface area contributed by atoms with Crippen LogP contribution in [0.15, 0.2) is 24.3 Å². The summed E-state index contributed by atoms with van der Waals surface area (Å²) in [6.45, 7) is 10.4. The summed E-state index contributed by atoms with van der Waals surface area (Å²) in [4.78, 5) is 11.9. The Hall–Kier alpha value is -1.71. The molecule has 4 heteroatoms. The number of anilines is 1. The summed E-state index contributed by atoms with van der Waals surface area (Å²) in [6.07, 6.45) is 0.855. The minimum Gasteiger partial charge on any atom is -0.506 e. The Morgan fingerprint density at radius 2 is 1.74 bits per heavy atom. The summed E-state index contributed by atoms with van der Waals surface area (Å²) >= 11 is 0. The van der Waals surface area contributed by atoms with Gasteiger partial charge in [-0.3, -0.25) is 0 Å². The van der Waals surface area contributed by atoms with Gasteiger partial charge in [0.1, 0.15) is 5.75 Å². The van der Waals surface area contributed by atoms with E-state index in [1.807, 2.05) is 13.8 Å². The second-order valence-electron chi connectivity index (χ2n) is 6.72. The van der Waals surface area contributed by atoms with Crippen LogP contribution in [-0.2, 0) is 0 Å². The number of phenols is 1. The van der Waals surface area contributed by atoms with Crippen LogP contribution in [0.3, 0.4) is 0 Å². The van der Waals surface area contributed by atoms with E-state index in [0.29, 0.717) is 5.69 Å². The first-order valence-corrected chi connectivity index (χ1v) is 6.46. The van der Waals surface area contributed by atoms with Crippen molar-refractivity contribution in [2.24, 2.45) is 5.41 Å². The maximum atomic E-state index is 11.9. The molecule has 19 heavy (non-hydrogen) atoms. The van der Waals surface area contributed by atoms with Gasteiger partial charge in [-0.25, -0.2) is 4.79 Å². The third kappa shape index (κ3) is 5.64. The number of carbonyl (C=O) groups excluding carboxylic acids is 1. The van der Waals surface area contributed by atoms with Gasteiger partial charge in [0.15, 0.2) is 0 Å². The predicted octanol–water partition coefficient (Wildman–Crippen LogP) is 3.73. The van der Waals surface area contributed by atoms with E-state index >= 15 is 0 Å². The van der Waals surface area contributed by atoms with Gasteiger partial charge in [0.25, 0.3) is 0 Å². The molecule has 0 radical (unpaired) electrons. The topological polar surface area (TPSA) is 61.4 Å². The molecule has 0 atom stereocenters. The molecular formula is C15H24N2O2. The van der Waals surface area contributed by atoms with Gasteiger partial charge in [-0.05, 0) is 37.8 Å². The average molecular weight is 264 g/mol. The Labute approximate surface area is 115 Å². The van der Waals surface area contributed by atoms with E-state index in [2.05, 4.69) is 31.4 Å². The van der Waals surface area contributed by atoms with Gasteiger partial charge in [-0.1, -0.05) is 32.9 Å². The lowest BCUT2D eigenvalue weighted by atomic mass is 9.82. The molecule has 0 saturated carbocycles. The highest BCUT2D eigenvalue weighted by Gasteiger charge is 2.27. The van der Waals surface area contributed by atoms with Crippen LogP contribution in [0.5, 0.6) is 5.75 Å². The molecule has 0 heterocycles. The van der Waals surface area contributed by atoms with Crippen LogP contribution in [0.25, 0.3) is 0 Å². The van der Waals surface area contributed by atoms with Crippen LogP contribution in [0.4, 0.5) is 10.5 Å². The number of hydrogen-bond acceptors (Lipinski definition) is 2. The van der Waals surface area contributed by atoms with Crippen molar-refractivity contribution in [2.75, 3.05) is 5.32 Å². The molecule has 0 bridgehead atoms. The lowest BCUT2D eigenvalue weighted by molar-refractivity contribution is 0.220. The fraction of sp³-hybridized carbons (Fsp3) is 0.533.